The van der Waals surface area contributed by atoms with Crippen LogP contribution in [-0.4, -0.2) is 12.6 Å². The largest absolute Gasteiger partial charge is 0.313 e. The van der Waals surface area contributed by atoms with Gasteiger partial charge in [0, 0.05) is 12.0 Å². The maximum atomic E-state index is 3.74. The molecule has 1 heteroatoms. The SMILES string of the molecule is CCCNC(CC(C)C)C1Cc2ccccc21. The van der Waals surface area contributed by atoms with Crippen LogP contribution >= 0.6 is 0 Å². The highest BCUT2D eigenvalue weighted by molar-refractivity contribution is 5.41. The molecule has 0 radical (unpaired) electrons. The van der Waals surface area contributed by atoms with Crippen LogP contribution in [0.3, 0.4) is 0 Å². The Labute approximate surface area is 106 Å². The molecule has 1 aromatic rings. The van der Waals surface area contributed by atoms with Crippen LogP contribution in [-0.2, 0) is 6.42 Å². The molecule has 0 saturated carbocycles. The third-order valence-electron chi connectivity index (χ3n) is 3.76. The smallest absolute Gasteiger partial charge is 0.0141 e. The van der Waals surface area contributed by atoms with Gasteiger partial charge in [-0.1, -0.05) is 45.0 Å². The zero-order chi connectivity index (χ0) is 12.3. The van der Waals surface area contributed by atoms with E-state index in [-0.39, 0.29) is 0 Å². The molecule has 94 valence electrons. The highest BCUT2D eigenvalue weighted by atomic mass is 14.9. The Morgan fingerprint density at radius 3 is 2.71 bits per heavy atom. The zero-order valence-electron chi connectivity index (χ0n) is 11.4. The zero-order valence-corrected chi connectivity index (χ0v) is 11.4. The van der Waals surface area contributed by atoms with Crippen molar-refractivity contribution in [1.29, 1.82) is 0 Å². The maximum absolute atomic E-state index is 3.74. The van der Waals surface area contributed by atoms with Crippen molar-refractivity contribution >= 4 is 0 Å². The lowest BCUT2D eigenvalue weighted by molar-refractivity contribution is 0.342. The molecule has 2 atom stereocenters. The summed E-state index contributed by atoms with van der Waals surface area (Å²) < 4.78 is 0. The lowest BCUT2D eigenvalue weighted by Crippen LogP contribution is -2.41. The van der Waals surface area contributed by atoms with E-state index in [0.29, 0.717) is 6.04 Å². The number of hydrogen-bond donors (Lipinski definition) is 1. The summed E-state index contributed by atoms with van der Waals surface area (Å²) in [6, 6.07) is 9.59. The molecule has 2 rings (SSSR count). The molecule has 0 saturated heterocycles. The van der Waals surface area contributed by atoms with Gasteiger partial charge in [0.25, 0.3) is 0 Å². The average Bonchev–Trinajstić information content (AvgIpc) is 2.26. The molecule has 1 nitrogen and oxygen atoms in total. The van der Waals surface area contributed by atoms with Crippen LogP contribution in [0.15, 0.2) is 24.3 Å². The van der Waals surface area contributed by atoms with Crippen LogP contribution in [0, 0.1) is 5.92 Å². The van der Waals surface area contributed by atoms with Crippen LogP contribution < -0.4 is 5.32 Å². The van der Waals surface area contributed by atoms with Gasteiger partial charge in [0.2, 0.25) is 0 Å². The first kappa shape index (κ1) is 12.6. The summed E-state index contributed by atoms with van der Waals surface area (Å²) in [7, 11) is 0. The van der Waals surface area contributed by atoms with Gasteiger partial charge in [-0.3, -0.25) is 0 Å². The average molecular weight is 231 g/mol. The molecule has 0 aliphatic heterocycles. The molecular formula is C16H25N. The summed E-state index contributed by atoms with van der Waals surface area (Å²) in [6.07, 6.45) is 3.78. The summed E-state index contributed by atoms with van der Waals surface area (Å²) in [5.74, 6) is 1.53. The molecule has 1 aromatic carbocycles. The predicted octanol–water partition coefficient (Wildman–Crippen LogP) is 3.74. The highest BCUT2D eigenvalue weighted by Gasteiger charge is 2.32. The van der Waals surface area contributed by atoms with Crippen molar-refractivity contribution in [2.75, 3.05) is 6.54 Å². The van der Waals surface area contributed by atoms with Gasteiger partial charge < -0.3 is 5.32 Å². The second-order valence-corrected chi connectivity index (χ2v) is 5.70. The normalized spacial score (nSPS) is 19.9. The molecule has 1 N–H and O–H groups in total. The van der Waals surface area contributed by atoms with E-state index < -0.39 is 0 Å². The summed E-state index contributed by atoms with van der Waals surface area (Å²) in [4.78, 5) is 0. The fourth-order valence-corrected chi connectivity index (χ4v) is 2.88. The molecule has 0 spiro atoms. The van der Waals surface area contributed by atoms with Crippen LogP contribution in [0.25, 0.3) is 0 Å². The Bertz CT molecular complexity index is 356. The van der Waals surface area contributed by atoms with E-state index >= 15 is 0 Å². The minimum absolute atomic E-state index is 0.671. The van der Waals surface area contributed by atoms with Crippen molar-refractivity contribution < 1.29 is 0 Å². The Morgan fingerprint density at radius 1 is 1.29 bits per heavy atom. The molecule has 1 aliphatic rings. The molecule has 0 amide bonds. The second kappa shape index (κ2) is 5.68. The highest BCUT2D eigenvalue weighted by Crippen LogP contribution is 2.38. The molecule has 2 unspecified atom stereocenters. The van der Waals surface area contributed by atoms with Gasteiger partial charge in [0.15, 0.2) is 0 Å². The Balaban J connectivity index is 2.03. The first-order valence-electron chi connectivity index (χ1n) is 7.03. The van der Waals surface area contributed by atoms with Crippen molar-refractivity contribution in [2.24, 2.45) is 5.92 Å². The molecule has 0 fully saturated rings. The fraction of sp³-hybridized carbons (Fsp3) is 0.625. The Hall–Kier alpha value is -0.820. The summed E-state index contributed by atoms with van der Waals surface area (Å²) >= 11 is 0. The third kappa shape index (κ3) is 2.90. The molecule has 17 heavy (non-hydrogen) atoms. The van der Waals surface area contributed by atoms with E-state index in [1.165, 1.54) is 19.3 Å². The van der Waals surface area contributed by atoms with Crippen molar-refractivity contribution in [3.8, 4) is 0 Å². The van der Waals surface area contributed by atoms with E-state index in [2.05, 4.69) is 50.4 Å². The summed E-state index contributed by atoms with van der Waals surface area (Å²) in [5, 5.41) is 3.74. The van der Waals surface area contributed by atoms with Crippen LogP contribution in [0.1, 0.15) is 50.7 Å². The number of rotatable bonds is 6. The Morgan fingerprint density at radius 2 is 2.06 bits per heavy atom. The topological polar surface area (TPSA) is 12.0 Å². The van der Waals surface area contributed by atoms with Crippen LogP contribution in [0.2, 0.25) is 0 Å². The second-order valence-electron chi connectivity index (χ2n) is 5.70. The van der Waals surface area contributed by atoms with Gasteiger partial charge in [-0.15, -0.1) is 0 Å². The minimum Gasteiger partial charge on any atom is -0.313 e. The quantitative estimate of drug-likeness (QED) is 0.786. The molecule has 0 bridgehead atoms. The van der Waals surface area contributed by atoms with Gasteiger partial charge in [0.1, 0.15) is 0 Å². The van der Waals surface area contributed by atoms with Crippen molar-refractivity contribution in [1.82, 2.24) is 5.32 Å². The predicted molar refractivity (Wildman–Crippen MR) is 74.4 cm³/mol. The molecular weight excluding hydrogens is 206 g/mol. The van der Waals surface area contributed by atoms with E-state index in [1.807, 2.05) is 0 Å². The fourth-order valence-electron chi connectivity index (χ4n) is 2.88. The van der Waals surface area contributed by atoms with Gasteiger partial charge in [0.05, 0.1) is 0 Å². The minimum atomic E-state index is 0.671. The molecule has 0 aromatic heterocycles. The Kier molecular flexibility index (Phi) is 4.22. The third-order valence-corrected chi connectivity index (χ3v) is 3.76. The van der Waals surface area contributed by atoms with Crippen molar-refractivity contribution in [2.45, 2.75) is 52.0 Å². The van der Waals surface area contributed by atoms with Crippen molar-refractivity contribution in [3.05, 3.63) is 35.4 Å². The van der Waals surface area contributed by atoms with E-state index in [0.717, 1.165) is 18.4 Å². The van der Waals surface area contributed by atoms with Gasteiger partial charge >= 0.3 is 0 Å². The summed E-state index contributed by atoms with van der Waals surface area (Å²) in [6.45, 7) is 8.04. The van der Waals surface area contributed by atoms with Crippen LogP contribution in [0.5, 0.6) is 0 Å². The van der Waals surface area contributed by atoms with E-state index in [9.17, 15) is 0 Å². The monoisotopic (exact) mass is 231 g/mol. The van der Waals surface area contributed by atoms with Gasteiger partial charge in [-0.2, -0.15) is 0 Å². The van der Waals surface area contributed by atoms with E-state index in [4.69, 9.17) is 0 Å². The van der Waals surface area contributed by atoms with Crippen LogP contribution in [0.4, 0.5) is 0 Å². The number of nitrogens with one attached hydrogen (secondary N) is 1. The standard InChI is InChI=1S/C16H25N/c1-4-9-17-16(10-12(2)3)15-11-13-7-5-6-8-14(13)15/h5-8,12,15-17H,4,9-11H2,1-3H3. The first-order valence-corrected chi connectivity index (χ1v) is 7.03. The van der Waals surface area contributed by atoms with Crippen molar-refractivity contribution in [3.63, 3.8) is 0 Å². The maximum Gasteiger partial charge on any atom is 0.0141 e. The number of benzene rings is 1. The van der Waals surface area contributed by atoms with E-state index in [1.54, 1.807) is 11.1 Å². The lowest BCUT2D eigenvalue weighted by Gasteiger charge is -2.38. The first-order chi connectivity index (χ1) is 8.22. The number of fused-ring (bicyclic) bond motifs is 1. The van der Waals surface area contributed by atoms with Gasteiger partial charge in [-0.25, -0.2) is 0 Å². The number of hydrogen-bond acceptors (Lipinski definition) is 1. The van der Waals surface area contributed by atoms with Gasteiger partial charge in [-0.05, 0) is 42.9 Å². The lowest BCUT2D eigenvalue weighted by atomic mass is 9.71. The summed E-state index contributed by atoms with van der Waals surface area (Å²) in [5.41, 5.74) is 3.14. The molecule has 1 aliphatic carbocycles. The molecule has 0 heterocycles.